The molecule has 4 nitrogen and oxygen atoms in total. The van der Waals surface area contributed by atoms with E-state index in [1.165, 1.54) is 39.4 Å². The number of fused-ring (bicyclic) bond motifs is 8. The van der Waals surface area contributed by atoms with E-state index >= 15 is 0 Å². The number of anilines is 4. The molecule has 0 unspecified atom stereocenters. The van der Waals surface area contributed by atoms with E-state index in [0.29, 0.717) is 11.8 Å². The quantitative estimate of drug-likeness (QED) is 0.337. The van der Waals surface area contributed by atoms with Gasteiger partial charge in [0.1, 0.15) is 5.82 Å². The molecule has 0 atom stereocenters. The molecule has 1 aromatic heterocycles. The highest BCUT2D eigenvalue weighted by Gasteiger charge is 2.49. The summed E-state index contributed by atoms with van der Waals surface area (Å²) in [5.74, 6) is 1.86. The van der Waals surface area contributed by atoms with Crippen molar-refractivity contribution in [1.29, 1.82) is 0 Å². The highest BCUT2D eigenvalue weighted by atomic mass is 15.4. The van der Waals surface area contributed by atoms with E-state index in [4.69, 9.17) is 4.98 Å². The van der Waals surface area contributed by atoms with Crippen LogP contribution >= 0.6 is 0 Å². The Kier molecular flexibility index (Phi) is 4.22. The second-order valence-electron chi connectivity index (χ2n) is 9.34. The fourth-order valence-electron chi connectivity index (χ4n) is 5.35. The summed E-state index contributed by atoms with van der Waals surface area (Å²) in [5.41, 5.74) is 8.95. The van der Waals surface area contributed by atoms with E-state index in [9.17, 15) is 0 Å². The number of rotatable bonds is 3. The van der Waals surface area contributed by atoms with E-state index in [2.05, 4.69) is 115 Å². The van der Waals surface area contributed by atoms with Crippen molar-refractivity contribution in [2.75, 3.05) is 9.62 Å². The summed E-state index contributed by atoms with van der Waals surface area (Å²) in [6.07, 6.45) is 4.04. The summed E-state index contributed by atoms with van der Waals surface area (Å²) in [4.78, 5) is 9.79. The lowest BCUT2D eigenvalue weighted by Gasteiger charge is -2.37. The Morgan fingerprint density at radius 1 is 0.688 bits per heavy atom. The van der Waals surface area contributed by atoms with E-state index in [-0.39, 0.29) is 7.12 Å². The average molecular weight is 418 g/mol. The van der Waals surface area contributed by atoms with E-state index in [1.807, 2.05) is 6.20 Å². The molecule has 158 valence electrons. The van der Waals surface area contributed by atoms with Gasteiger partial charge in [-0.2, -0.15) is 0 Å². The van der Waals surface area contributed by atoms with Crippen LogP contribution in [0.1, 0.15) is 50.7 Å². The molecule has 0 amide bonds. The predicted molar refractivity (Wildman–Crippen MR) is 134 cm³/mol. The molecule has 2 aliphatic rings. The molecule has 2 aliphatic heterocycles. The lowest BCUT2D eigenvalue weighted by atomic mass is 9.80. The zero-order valence-electron chi connectivity index (χ0n) is 19.0. The fourth-order valence-corrected chi connectivity index (χ4v) is 5.35. The molecular formula is C27H27BN4. The zero-order chi connectivity index (χ0) is 22.0. The van der Waals surface area contributed by atoms with Crippen molar-refractivity contribution in [3.8, 4) is 11.4 Å². The van der Waals surface area contributed by atoms with Gasteiger partial charge in [0, 0.05) is 29.3 Å². The third-order valence-corrected chi connectivity index (χ3v) is 6.77. The standard InChI is InChI=1S/C27H27BN4/c1-18(2)20-11-9-12-21(19(3)4)26(20)32-25-15-8-7-14-24(25)31-23-13-6-5-10-22(23)27-29-16-17-30(27)28(31)32/h5-19H,1-4H3. The number of benzene rings is 3. The molecule has 0 aliphatic carbocycles. The summed E-state index contributed by atoms with van der Waals surface area (Å²) in [7, 11) is -0.0304. The Balaban J connectivity index is 1.70. The largest absolute Gasteiger partial charge is 0.519 e. The maximum Gasteiger partial charge on any atom is 0.519 e. The molecule has 32 heavy (non-hydrogen) atoms. The maximum atomic E-state index is 4.77. The molecule has 3 aromatic carbocycles. The number of aromatic nitrogens is 2. The first-order valence-electron chi connectivity index (χ1n) is 11.5. The maximum absolute atomic E-state index is 4.77. The van der Waals surface area contributed by atoms with Crippen LogP contribution in [0.4, 0.5) is 22.7 Å². The molecular weight excluding hydrogens is 391 g/mol. The highest BCUT2D eigenvalue weighted by molar-refractivity contribution is 6.73. The highest BCUT2D eigenvalue weighted by Crippen LogP contribution is 2.53. The third kappa shape index (κ3) is 2.54. The fraction of sp³-hybridized carbons (Fsp3) is 0.222. The molecule has 0 fully saturated rings. The Labute approximate surface area is 190 Å². The van der Waals surface area contributed by atoms with Crippen LogP contribution in [0.3, 0.4) is 0 Å². The zero-order valence-corrected chi connectivity index (χ0v) is 19.0. The number of para-hydroxylation sites is 4. The predicted octanol–water partition coefficient (Wildman–Crippen LogP) is 6.93. The van der Waals surface area contributed by atoms with Crippen molar-refractivity contribution < 1.29 is 0 Å². The van der Waals surface area contributed by atoms with E-state index < -0.39 is 0 Å². The number of imidazole rings is 1. The number of hydrogen-bond acceptors (Lipinski definition) is 3. The molecule has 0 saturated heterocycles. The Morgan fingerprint density at radius 2 is 1.28 bits per heavy atom. The normalized spacial score (nSPS) is 14.0. The summed E-state index contributed by atoms with van der Waals surface area (Å²) in [5, 5.41) is 0. The summed E-state index contributed by atoms with van der Waals surface area (Å²) in [6.45, 7) is 9.17. The van der Waals surface area contributed by atoms with Gasteiger partial charge in [0.2, 0.25) is 0 Å². The monoisotopic (exact) mass is 418 g/mol. The lowest BCUT2D eigenvalue weighted by molar-refractivity contribution is 0.832. The van der Waals surface area contributed by atoms with Gasteiger partial charge in [-0.3, -0.25) is 0 Å². The van der Waals surface area contributed by atoms with Crippen molar-refractivity contribution in [1.82, 2.24) is 9.46 Å². The van der Waals surface area contributed by atoms with Crippen molar-refractivity contribution in [3.05, 3.63) is 90.3 Å². The van der Waals surface area contributed by atoms with Crippen LogP contribution in [0.2, 0.25) is 0 Å². The smallest absolute Gasteiger partial charge is 0.343 e. The minimum absolute atomic E-state index is 0.0304. The third-order valence-electron chi connectivity index (χ3n) is 6.77. The van der Waals surface area contributed by atoms with Gasteiger partial charge in [0.25, 0.3) is 0 Å². The first-order valence-corrected chi connectivity index (χ1v) is 11.5. The molecule has 6 rings (SSSR count). The van der Waals surface area contributed by atoms with Gasteiger partial charge in [-0.25, -0.2) is 4.98 Å². The van der Waals surface area contributed by atoms with Gasteiger partial charge >= 0.3 is 7.12 Å². The van der Waals surface area contributed by atoms with Crippen molar-refractivity contribution in [2.24, 2.45) is 0 Å². The first-order chi connectivity index (χ1) is 15.6. The molecule has 5 heteroatoms. The summed E-state index contributed by atoms with van der Waals surface area (Å²) in [6, 6.07) is 24.2. The Bertz CT molecular complexity index is 1300. The number of hydrogen-bond donors (Lipinski definition) is 0. The molecule has 0 N–H and O–H groups in total. The van der Waals surface area contributed by atoms with Crippen LogP contribution in [0.15, 0.2) is 79.1 Å². The number of nitrogens with zero attached hydrogens (tertiary/aromatic N) is 4. The average Bonchev–Trinajstić information content (AvgIpc) is 3.41. The Hall–Kier alpha value is -3.47. The van der Waals surface area contributed by atoms with Gasteiger partial charge < -0.3 is 14.1 Å². The van der Waals surface area contributed by atoms with Crippen LogP contribution in [0.5, 0.6) is 0 Å². The minimum atomic E-state index is -0.0304. The van der Waals surface area contributed by atoms with Gasteiger partial charge in [-0.15, -0.1) is 0 Å². The molecule has 0 spiro atoms. The van der Waals surface area contributed by atoms with Gasteiger partial charge in [0.15, 0.2) is 0 Å². The second kappa shape index (κ2) is 7.02. The van der Waals surface area contributed by atoms with Gasteiger partial charge in [0.05, 0.1) is 11.4 Å². The molecule has 0 radical (unpaired) electrons. The lowest BCUT2D eigenvalue weighted by Crippen LogP contribution is -2.52. The minimum Gasteiger partial charge on any atom is -0.343 e. The topological polar surface area (TPSA) is 24.3 Å². The van der Waals surface area contributed by atoms with Gasteiger partial charge in [-0.1, -0.05) is 70.2 Å². The van der Waals surface area contributed by atoms with Crippen LogP contribution in [0.25, 0.3) is 11.4 Å². The van der Waals surface area contributed by atoms with Crippen LogP contribution in [-0.2, 0) is 0 Å². The summed E-state index contributed by atoms with van der Waals surface area (Å²) >= 11 is 0. The first kappa shape index (κ1) is 19.2. The second-order valence-corrected chi connectivity index (χ2v) is 9.34. The SMILES string of the molecule is CC(C)c1cccc(C(C)C)c1N1B2N(c3ccccc3-c3nccn32)c2ccccc21. The Morgan fingerprint density at radius 3 is 1.94 bits per heavy atom. The van der Waals surface area contributed by atoms with Crippen molar-refractivity contribution in [3.63, 3.8) is 0 Å². The van der Waals surface area contributed by atoms with E-state index in [1.54, 1.807) is 0 Å². The van der Waals surface area contributed by atoms with Crippen LogP contribution in [-0.4, -0.2) is 16.6 Å². The molecule has 0 bridgehead atoms. The van der Waals surface area contributed by atoms with Gasteiger partial charge in [-0.05, 0) is 47.2 Å². The van der Waals surface area contributed by atoms with Crippen molar-refractivity contribution in [2.45, 2.75) is 39.5 Å². The van der Waals surface area contributed by atoms with E-state index in [0.717, 1.165) is 5.82 Å². The van der Waals surface area contributed by atoms with Crippen molar-refractivity contribution >= 4 is 29.9 Å². The molecule has 3 heterocycles. The summed E-state index contributed by atoms with van der Waals surface area (Å²) < 4.78 is 2.32. The van der Waals surface area contributed by atoms with Crippen LogP contribution in [0, 0.1) is 0 Å². The van der Waals surface area contributed by atoms with Crippen LogP contribution < -0.4 is 9.62 Å². The molecule has 0 saturated carbocycles. The molecule has 4 aromatic rings.